The molecule has 0 spiro atoms. The fourth-order valence-electron chi connectivity index (χ4n) is 9.88. The van der Waals surface area contributed by atoms with Crippen LogP contribution in [0.15, 0.2) is 91.1 Å². The number of nitrogens with zero attached hydrogens (tertiary/aromatic N) is 6. The van der Waals surface area contributed by atoms with E-state index in [0.29, 0.717) is 43.6 Å². The number of rotatable bonds is 13. The molecule has 0 saturated carbocycles. The number of hydrogen-bond acceptors (Lipinski definition) is 11. The first kappa shape index (κ1) is 52.9. The van der Waals surface area contributed by atoms with Gasteiger partial charge in [-0.2, -0.15) is 0 Å². The molecule has 2 aliphatic heterocycles. The maximum absolute atomic E-state index is 14.8. The van der Waals surface area contributed by atoms with Crippen molar-refractivity contribution in [2.24, 2.45) is 11.3 Å². The number of hydrazine groups is 1. The fraction of sp³-hybridized carbons (Fsp3) is 0.429. The molecule has 1 saturated heterocycles. The van der Waals surface area contributed by atoms with Gasteiger partial charge < -0.3 is 39.7 Å². The normalized spacial score (nSPS) is 17.8. The number of benzene rings is 3. The fourth-order valence-corrected chi connectivity index (χ4v) is 9.88. The Balaban J connectivity index is 1.25. The third-order valence-electron chi connectivity index (χ3n) is 13.2. The van der Waals surface area contributed by atoms with Crippen molar-refractivity contribution in [3.05, 3.63) is 114 Å². The predicted octanol–water partition coefficient (Wildman–Crippen LogP) is 6.66. The summed E-state index contributed by atoms with van der Waals surface area (Å²) in [4.78, 5) is 79.5. The zero-order valence-corrected chi connectivity index (χ0v) is 43.4. The van der Waals surface area contributed by atoms with Crippen LogP contribution in [0.2, 0.25) is 0 Å². The number of likely N-dealkylation sites (N-methyl/N-ethyl adjacent to an activating group) is 2. The number of ether oxygens (including phenoxy) is 1. The lowest BCUT2D eigenvalue weighted by Gasteiger charge is -2.36. The van der Waals surface area contributed by atoms with Gasteiger partial charge in [0.1, 0.15) is 29.6 Å². The second-order valence-electron chi connectivity index (χ2n) is 20.8. The van der Waals surface area contributed by atoms with Crippen LogP contribution in [0, 0.1) is 11.3 Å². The molecule has 6 bridgehead atoms. The summed E-state index contributed by atoms with van der Waals surface area (Å²) in [5.41, 5.74) is 10.8. The first-order chi connectivity index (χ1) is 34.2. The lowest BCUT2D eigenvalue weighted by atomic mass is 9.84. The number of esters is 1. The summed E-state index contributed by atoms with van der Waals surface area (Å²) < 4.78 is 8.50. The SMILES string of the molecule is CCn1c(-c2ccccc2CN(C)C)c2c3cc(ccc31)-c1cc(O)cc(c1)C[C@H](NC(=O)[C@H](C(C)C)N(C)C(=O)c1ccc(NC(=O)/C=C/CN(C)C)cn1)C(=O)N1CCC[C@H](N1)C(=O)OCC(C)(C)C2. The summed E-state index contributed by atoms with van der Waals surface area (Å²) in [6.45, 7) is 12.4. The monoisotopic (exact) mass is 982 g/mol. The van der Waals surface area contributed by atoms with E-state index in [1.807, 2.05) is 45.0 Å². The van der Waals surface area contributed by atoms with E-state index in [1.54, 1.807) is 24.3 Å². The molecule has 2 aliphatic rings. The largest absolute Gasteiger partial charge is 0.508 e. The number of phenolic OH excluding ortho intramolecular Hbond substituents is 1. The molecule has 382 valence electrons. The minimum atomic E-state index is -1.19. The number of aryl methyl sites for hydroxylation is 1. The van der Waals surface area contributed by atoms with Crippen LogP contribution in [0.5, 0.6) is 5.75 Å². The van der Waals surface area contributed by atoms with Gasteiger partial charge in [-0.25, -0.2) is 10.4 Å². The molecule has 4 N–H and O–H groups in total. The Morgan fingerprint density at radius 2 is 1.74 bits per heavy atom. The van der Waals surface area contributed by atoms with Crippen LogP contribution in [0.1, 0.15) is 74.6 Å². The molecular weight excluding hydrogens is 911 g/mol. The Labute approximate surface area is 423 Å². The van der Waals surface area contributed by atoms with E-state index >= 15 is 0 Å². The number of fused-ring (bicyclic) bond motifs is 6. The van der Waals surface area contributed by atoms with Crippen LogP contribution >= 0.6 is 0 Å². The molecule has 5 aromatic rings. The molecule has 3 atom stereocenters. The van der Waals surface area contributed by atoms with Crippen molar-refractivity contribution in [2.75, 3.05) is 60.3 Å². The number of aromatic hydroxyl groups is 1. The van der Waals surface area contributed by atoms with Gasteiger partial charge in [-0.1, -0.05) is 70.2 Å². The van der Waals surface area contributed by atoms with E-state index in [-0.39, 0.29) is 36.9 Å². The molecule has 7 rings (SSSR count). The summed E-state index contributed by atoms with van der Waals surface area (Å²) in [6, 6.07) is 20.0. The first-order valence-electron chi connectivity index (χ1n) is 24.8. The zero-order chi connectivity index (χ0) is 52.0. The number of carbonyl (C=O) groups excluding carboxylic acids is 5. The number of carbonyl (C=O) groups is 5. The number of aromatic nitrogens is 2. The molecule has 72 heavy (non-hydrogen) atoms. The van der Waals surface area contributed by atoms with Crippen molar-refractivity contribution in [1.29, 1.82) is 0 Å². The third-order valence-corrected chi connectivity index (χ3v) is 13.2. The quantitative estimate of drug-likeness (QED) is 0.0732. The average Bonchev–Trinajstić information content (AvgIpc) is 3.63. The van der Waals surface area contributed by atoms with E-state index in [9.17, 15) is 29.1 Å². The Morgan fingerprint density at radius 3 is 2.43 bits per heavy atom. The highest BCUT2D eigenvalue weighted by molar-refractivity contribution is 6.00. The molecule has 4 heterocycles. The molecule has 0 aliphatic carbocycles. The van der Waals surface area contributed by atoms with Gasteiger partial charge in [0, 0.05) is 67.6 Å². The Kier molecular flexibility index (Phi) is 16.7. The third kappa shape index (κ3) is 12.4. The number of anilines is 1. The minimum absolute atomic E-state index is 0.0107. The topological polar surface area (TPSA) is 182 Å². The average molecular weight is 982 g/mol. The number of cyclic esters (lactones) is 1. The van der Waals surface area contributed by atoms with Crippen molar-refractivity contribution in [2.45, 2.75) is 91.5 Å². The summed E-state index contributed by atoms with van der Waals surface area (Å²) in [7, 11) is 9.43. The molecule has 0 radical (unpaired) electrons. The van der Waals surface area contributed by atoms with Crippen molar-refractivity contribution in [3.63, 3.8) is 0 Å². The Hall–Kier alpha value is -6.88. The summed E-state index contributed by atoms with van der Waals surface area (Å²) in [6.07, 6.45) is 6.03. The van der Waals surface area contributed by atoms with Crippen LogP contribution in [0.3, 0.4) is 0 Å². The van der Waals surface area contributed by atoms with Gasteiger partial charge in [0.25, 0.3) is 11.8 Å². The maximum Gasteiger partial charge on any atom is 0.324 e. The van der Waals surface area contributed by atoms with E-state index in [4.69, 9.17) is 4.74 Å². The van der Waals surface area contributed by atoms with E-state index in [2.05, 4.69) is 102 Å². The van der Waals surface area contributed by atoms with Crippen LogP contribution in [-0.2, 0) is 49.8 Å². The van der Waals surface area contributed by atoms with Crippen LogP contribution in [0.25, 0.3) is 33.3 Å². The van der Waals surface area contributed by atoms with Crippen molar-refractivity contribution in [3.8, 4) is 28.1 Å². The van der Waals surface area contributed by atoms with Crippen LogP contribution < -0.4 is 16.1 Å². The number of amides is 4. The smallest absolute Gasteiger partial charge is 0.324 e. The van der Waals surface area contributed by atoms with Gasteiger partial charge in [0.15, 0.2) is 0 Å². The number of hydrogen-bond donors (Lipinski definition) is 4. The molecule has 16 heteroatoms. The van der Waals surface area contributed by atoms with Gasteiger partial charge in [-0.3, -0.25) is 29.0 Å². The second kappa shape index (κ2) is 22.7. The van der Waals surface area contributed by atoms with Crippen molar-refractivity contribution in [1.82, 2.24) is 40.0 Å². The lowest BCUT2D eigenvalue weighted by molar-refractivity contribution is -0.155. The zero-order valence-electron chi connectivity index (χ0n) is 43.4. The van der Waals surface area contributed by atoms with Gasteiger partial charge in [0.05, 0.1) is 24.2 Å². The summed E-state index contributed by atoms with van der Waals surface area (Å²) in [5.74, 6) is -2.84. The highest BCUT2D eigenvalue weighted by Gasteiger charge is 2.38. The summed E-state index contributed by atoms with van der Waals surface area (Å²) >= 11 is 0. The van der Waals surface area contributed by atoms with Gasteiger partial charge in [0.2, 0.25) is 11.8 Å². The number of nitrogens with one attached hydrogen (secondary N) is 3. The summed E-state index contributed by atoms with van der Waals surface area (Å²) in [5, 5.41) is 19.5. The predicted molar refractivity (Wildman–Crippen MR) is 281 cm³/mol. The molecule has 16 nitrogen and oxygen atoms in total. The van der Waals surface area contributed by atoms with Crippen LogP contribution in [-0.4, -0.2) is 137 Å². The standard InChI is InChI=1S/C56H71N9O7/c1-11-64-48-23-20-37-30-43(48)44(51(64)42-17-13-12-16-38(42)33-62(8)9)31-56(4,5)34-72-55(71)46-18-14-25-65(60-46)54(70)47(28-36-26-39(37)29-41(66)27-36)59-52(68)50(35(2)3)63(10)53(69)45-22-21-40(32-57-45)58-49(67)19-15-24-61(6)7/h12-13,15-17,19-23,26-27,29-30,32,35,46-47,50,60,66H,11,14,18,24-25,28,31,33-34H2,1-10H3,(H,58,67)(H,59,68)/b19-15+/t46-,47-,50-/m0/s1. The molecule has 1 fully saturated rings. The molecule has 3 aromatic carbocycles. The van der Waals surface area contributed by atoms with Gasteiger partial charge >= 0.3 is 5.97 Å². The van der Waals surface area contributed by atoms with Crippen LogP contribution in [0.4, 0.5) is 5.69 Å². The van der Waals surface area contributed by atoms with E-state index < -0.39 is 53.1 Å². The Morgan fingerprint density at radius 1 is 0.972 bits per heavy atom. The highest BCUT2D eigenvalue weighted by atomic mass is 16.5. The Bertz CT molecular complexity index is 2830. The first-order valence-corrected chi connectivity index (χ1v) is 24.8. The molecule has 0 unspecified atom stereocenters. The van der Waals surface area contributed by atoms with Crippen molar-refractivity contribution >= 4 is 46.2 Å². The number of pyridine rings is 1. The minimum Gasteiger partial charge on any atom is -0.508 e. The molecular formula is C56H71N9O7. The van der Waals surface area contributed by atoms with Gasteiger partial charge in [-0.05, 0) is 125 Å². The highest BCUT2D eigenvalue weighted by Crippen LogP contribution is 2.41. The van der Waals surface area contributed by atoms with Gasteiger partial charge in [-0.15, -0.1) is 0 Å². The van der Waals surface area contributed by atoms with E-state index in [0.717, 1.165) is 45.4 Å². The number of phenols is 1. The van der Waals surface area contributed by atoms with E-state index in [1.165, 1.54) is 40.9 Å². The lowest BCUT2D eigenvalue weighted by Crippen LogP contribution is -2.62. The molecule has 4 amide bonds. The molecule has 2 aromatic heterocycles. The van der Waals surface area contributed by atoms with Crippen molar-refractivity contribution < 1.29 is 33.8 Å². The second-order valence-corrected chi connectivity index (χ2v) is 20.8. The maximum atomic E-state index is 14.8.